The van der Waals surface area contributed by atoms with Gasteiger partial charge in [0, 0.05) is 18.1 Å². The Morgan fingerprint density at radius 3 is 2.29 bits per heavy atom. The zero-order valence-corrected chi connectivity index (χ0v) is 13.1. The lowest BCUT2D eigenvalue weighted by Crippen LogP contribution is -2.14. The highest BCUT2D eigenvalue weighted by atomic mass is 19.4. The summed E-state index contributed by atoms with van der Waals surface area (Å²) in [4.78, 5) is 5.98. The van der Waals surface area contributed by atoms with Crippen molar-refractivity contribution in [3.63, 3.8) is 0 Å². The average molecular weight is 332 g/mol. The number of rotatable bonds is 3. The minimum Gasteiger partial charge on any atom is -0.497 e. The van der Waals surface area contributed by atoms with Crippen molar-refractivity contribution in [1.29, 1.82) is 0 Å². The largest absolute Gasteiger partial charge is 0.497 e. The maximum atomic E-state index is 13.4. The molecule has 0 unspecified atom stereocenters. The third-order valence-electron chi connectivity index (χ3n) is 3.81. The first-order chi connectivity index (χ1) is 11.4. The van der Waals surface area contributed by atoms with E-state index in [0.29, 0.717) is 17.0 Å². The van der Waals surface area contributed by atoms with E-state index in [-0.39, 0.29) is 11.2 Å². The van der Waals surface area contributed by atoms with Gasteiger partial charge in [-0.05, 0) is 36.4 Å². The van der Waals surface area contributed by atoms with E-state index >= 15 is 0 Å². The van der Waals surface area contributed by atoms with E-state index in [9.17, 15) is 13.2 Å². The highest BCUT2D eigenvalue weighted by molar-refractivity contribution is 5.85. The zero-order chi connectivity index (χ0) is 17.3. The molecule has 0 saturated heterocycles. The molecule has 124 valence electrons. The van der Waals surface area contributed by atoms with Crippen molar-refractivity contribution < 1.29 is 17.9 Å². The van der Waals surface area contributed by atoms with Crippen molar-refractivity contribution in [3.05, 3.63) is 60.2 Å². The molecule has 0 aliphatic heterocycles. The maximum absolute atomic E-state index is 13.4. The van der Waals surface area contributed by atoms with Crippen molar-refractivity contribution in [2.75, 3.05) is 19.1 Å². The summed E-state index contributed by atoms with van der Waals surface area (Å²) in [7, 11) is 3.23. The van der Waals surface area contributed by atoms with Crippen LogP contribution in [0.5, 0.6) is 5.75 Å². The molecule has 0 amide bonds. The van der Waals surface area contributed by atoms with E-state index in [4.69, 9.17) is 4.74 Å². The zero-order valence-electron chi connectivity index (χ0n) is 13.1. The van der Waals surface area contributed by atoms with Gasteiger partial charge < -0.3 is 9.64 Å². The summed E-state index contributed by atoms with van der Waals surface area (Å²) in [6, 6.07) is 14.4. The van der Waals surface area contributed by atoms with E-state index in [0.717, 1.165) is 6.07 Å². The Labute approximate surface area is 137 Å². The molecule has 0 bridgehead atoms. The van der Waals surface area contributed by atoms with E-state index in [1.807, 2.05) is 0 Å². The fourth-order valence-electron chi connectivity index (χ4n) is 2.51. The van der Waals surface area contributed by atoms with Gasteiger partial charge in [-0.15, -0.1) is 0 Å². The Bertz CT molecular complexity index is 860. The SMILES string of the molecule is COc1ccc(N(C)c2cc(C(F)(F)F)c3ccccc3n2)cc1. The molecule has 0 fully saturated rings. The van der Waals surface area contributed by atoms with Crippen molar-refractivity contribution >= 4 is 22.4 Å². The molecule has 0 atom stereocenters. The van der Waals surface area contributed by atoms with Crippen LogP contribution >= 0.6 is 0 Å². The number of anilines is 2. The number of aromatic nitrogens is 1. The van der Waals surface area contributed by atoms with Crippen LogP contribution < -0.4 is 9.64 Å². The van der Waals surface area contributed by atoms with Crippen LogP contribution in [-0.4, -0.2) is 19.1 Å². The smallest absolute Gasteiger partial charge is 0.417 e. The Morgan fingerprint density at radius 1 is 1.00 bits per heavy atom. The molecule has 0 saturated carbocycles. The lowest BCUT2D eigenvalue weighted by molar-refractivity contribution is -0.136. The molecule has 3 rings (SSSR count). The molecule has 0 spiro atoms. The van der Waals surface area contributed by atoms with Crippen LogP contribution in [-0.2, 0) is 6.18 Å². The normalized spacial score (nSPS) is 11.5. The summed E-state index contributed by atoms with van der Waals surface area (Å²) in [5, 5.41) is 0.0943. The van der Waals surface area contributed by atoms with Crippen LogP contribution in [0.2, 0.25) is 0 Å². The van der Waals surface area contributed by atoms with Gasteiger partial charge in [-0.25, -0.2) is 4.98 Å². The van der Waals surface area contributed by atoms with Crippen LogP contribution in [0.3, 0.4) is 0 Å². The topological polar surface area (TPSA) is 25.4 Å². The Kier molecular flexibility index (Phi) is 4.05. The first-order valence-corrected chi connectivity index (χ1v) is 7.25. The number of hydrogen-bond donors (Lipinski definition) is 0. The van der Waals surface area contributed by atoms with Crippen molar-refractivity contribution in [3.8, 4) is 5.75 Å². The molecule has 3 nitrogen and oxygen atoms in total. The molecule has 2 aromatic carbocycles. The molecular formula is C18H15F3N2O. The second-order valence-corrected chi connectivity index (χ2v) is 5.30. The third kappa shape index (κ3) is 2.99. The Balaban J connectivity index is 2.11. The highest BCUT2D eigenvalue weighted by Crippen LogP contribution is 2.37. The molecule has 6 heteroatoms. The van der Waals surface area contributed by atoms with Crippen molar-refractivity contribution in [1.82, 2.24) is 4.98 Å². The van der Waals surface area contributed by atoms with Gasteiger partial charge in [0.25, 0.3) is 0 Å². The van der Waals surface area contributed by atoms with Gasteiger partial charge in [0.05, 0.1) is 18.2 Å². The van der Waals surface area contributed by atoms with E-state index in [1.165, 1.54) is 6.07 Å². The summed E-state index contributed by atoms with van der Waals surface area (Å²) in [5.41, 5.74) is 0.331. The van der Waals surface area contributed by atoms with Crippen LogP contribution in [0.15, 0.2) is 54.6 Å². The van der Waals surface area contributed by atoms with Gasteiger partial charge in [0.1, 0.15) is 11.6 Å². The summed E-state index contributed by atoms with van der Waals surface area (Å²) in [6.45, 7) is 0. The second kappa shape index (κ2) is 6.03. The number of nitrogens with zero attached hydrogens (tertiary/aromatic N) is 2. The molecule has 0 radical (unpaired) electrons. The first-order valence-electron chi connectivity index (χ1n) is 7.25. The predicted molar refractivity (Wildman–Crippen MR) is 87.8 cm³/mol. The maximum Gasteiger partial charge on any atom is 0.417 e. The predicted octanol–water partition coefficient (Wildman–Crippen LogP) is 5.03. The monoisotopic (exact) mass is 332 g/mol. The number of hydrogen-bond acceptors (Lipinski definition) is 3. The number of fused-ring (bicyclic) bond motifs is 1. The van der Waals surface area contributed by atoms with E-state index in [1.54, 1.807) is 61.5 Å². The summed E-state index contributed by atoms with van der Waals surface area (Å²) < 4.78 is 45.3. The first kappa shape index (κ1) is 16.1. The summed E-state index contributed by atoms with van der Waals surface area (Å²) in [5.74, 6) is 0.904. The van der Waals surface area contributed by atoms with Gasteiger partial charge in [-0.2, -0.15) is 13.2 Å². The molecule has 0 N–H and O–H groups in total. The van der Waals surface area contributed by atoms with Gasteiger partial charge in [-0.3, -0.25) is 0 Å². The van der Waals surface area contributed by atoms with Crippen LogP contribution in [0, 0.1) is 0 Å². The molecule has 0 aliphatic carbocycles. The fourth-order valence-corrected chi connectivity index (χ4v) is 2.51. The number of halogens is 3. The summed E-state index contributed by atoms with van der Waals surface area (Å²) >= 11 is 0. The minimum absolute atomic E-state index is 0.0943. The number of pyridine rings is 1. The van der Waals surface area contributed by atoms with Crippen LogP contribution in [0.1, 0.15) is 5.56 Å². The van der Waals surface area contributed by atoms with E-state index < -0.39 is 11.7 Å². The van der Waals surface area contributed by atoms with Gasteiger partial charge in [0.15, 0.2) is 0 Å². The molecular weight excluding hydrogens is 317 g/mol. The number of alkyl halides is 3. The molecule has 24 heavy (non-hydrogen) atoms. The van der Waals surface area contributed by atoms with Crippen LogP contribution in [0.25, 0.3) is 10.9 Å². The van der Waals surface area contributed by atoms with Gasteiger partial charge >= 0.3 is 6.18 Å². The molecule has 1 aromatic heterocycles. The van der Waals surface area contributed by atoms with Crippen molar-refractivity contribution in [2.45, 2.75) is 6.18 Å². The third-order valence-corrected chi connectivity index (χ3v) is 3.81. The Morgan fingerprint density at radius 2 is 1.67 bits per heavy atom. The molecule has 0 aliphatic rings. The van der Waals surface area contributed by atoms with E-state index in [2.05, 4.69) is 4.98 Å². The quantitative estimate of drug-likeness (QED) is 0.672. The molecule has 3 aromatic rings. The average Bonchev–Trinajstić information content (AvgIpc) is 2.59. The lowest BCUT2D eigenvalue weighted by atomic mass is 10.1. The number of methoxy groups -OCH3 is 1. The van der Waals surface area contributed by atoms with Crippen LogP contribution in [0.4, 0.5) is 24.7 Å². The number of benzene rings is 2. The van der Waals surface area contributed by atoms with Gasteiger partial charge in [-0.1, -0.05) is 18.2 Å². The van der Waals surface area contributed by atoms with Crippen molar-refractivity contribution in [2.24, 2.45) is 0 Å². The highest BCUT2D eigenvalue weighted by Gasteiger charge is 2.33. The fraction of sp³-hybridized carbons (Fsp3) is 0.167. The minimum atomic E-state index is -4.45. The standard InChI is InChI=1S/C18H15F3N2O/c1-23(12-7-9-13(24-2)10-8-12)17-11-15(18(19,20)21)14-5-3-4-6-16(14)22-17/h3-11H,1-2H3. The Hall–Kier alpha value is -2.76. The number of ether oxygens (including phenoxy) is 1. The van der Waals surface area contributed by atoms with Gasteiger partial charge in [0.2, 0.25) is 0 Å². The second-order valence-electron chi connectivity index (χ2n) is 5.30. The molecule has 1 heterocycles. The number of para-hydroxylation sites is 1. The lowest BCUT2D eigenvalue weighted by Gasteiger charge is -2.21. The summed E-state index contributed by atoms with van der Waals surface area (Å²) in [6.07, 6.45) is -4.45.